The first-order valence-corrected chi connectivity index (χ1v) is 11.0. The number of hydrogen-bond acceptors (Lipinski definition) is 4. The second kappa shape index (κ2) is 8.63. The third kappa shape index (κ3) is 4.00. The van der Waals surface area contributed by atoms with Gasteiger partial charge in [0.1, 0.15) is 5.69 Å². The predicted molar refractivity (Wildman–Crippen MR) is 125 cm³/mol. The largest absolute Gasteiger partial charge is 0.307 e. The molecule has 0 radical (unpaired) electrons. The van der Waals surface area contributed by atoms with Crippen molar-refractivity contribution in [2.75, 3.05) is 18.5 Å². The van der Waals surface area contributed by atoms with E-state index in [-0.39, 0.29) is 11.9 Å². The Hall–Kier alpha value is -2.99. The van der Waals surface area contributed by atoms with Crippen LogP contribution in [-0.2, 0) is 11.3 Å². The van der Waals surface area contributed by atoms with E-state index in [1.807, 2.05) is 46.0 Å². The molecule has 2 aromatic carbocycles. The van der Waals surface area contributed by atoms with Crippen LogP contribution in [0, 0.1) is 0 Å². The van der Waals surface area contributed by atoms with Crippen LogP contribution < -0.4 is 4.90 Å². The van der Waals surface area contributed by atoms with Gasteiger partial charge >= 0.3 is 0 Å². The van der Waals surface area contributed by atoms with Crippen molar-refractivity contribution in [1.82, 2.24) is 19.9 Å². The summed E-state index contributed by atoms with van der Waals surface area (Å²) in [7, 11) is 2.06. The number of para-hydroxylation sites is 1. The molecule has 1 amide bonds. The summed E-state index contributed by atoms with van der Waals surface area (Å²) < 4.78 is 1.99. The normalized spacial score (nSPS) is 13.1. The molecule has 0 unspecified atom stereocenters. The summed E-state index contributed by atoms with van der Waals surface area (Å²) in [6.07, 6.45) is 0.469. The van der Waals surface area contributed by atoms with E-state index in [4.69, 9.17) is 0 Å². The number of nitrogens with zero attached hydrogens (tertiary/aromatic N) is 5. The third-order valence-corrected chi connectivity index (χ3v) is 6.10. The van der Waals surface area contributed by atoms with Crippen molar-refractivity contribution >= 4 is 11.6 Å². The first kappa shape index (κ1) is 21.2. The van der Waals surface area contributed by atoms with Crippen molar-refractivity contribution in [3.8, 4) is 22.5 Å². The zero-order valence-electron chi connectivity index (χ0n) is 19.0. The minimum absolute atomic E-state index is 0.120. The van der Waals surface area contributed by atoms with Crippen molar-refractivity contribution in [1.29, 1.82) is 0 Å². The molecule has 1 aromatic heterocycles. The summed E-state index contributed by atoms with van der Waals surface area (Å²) in [6, 6.07) is 16.9. The van der Waals surface area contributed by atoms with E-state index < -0.39 is 0 Å². The lowest BCUT2D eigenvalue weighted by Gasteiger charge is -2.30. The number of carbonyl (C=O) groups is 1. The highest BCUT2D eigenvalue weighted by Crippen LogP contribution is 2.41. The molecule has 0 atom stereocenters. The van der Waals surface area contributed by atoms with Crippen LogP contribution in [-0.4, -0.2) is 45.4 Å². The fourth-order valence-electron chi connectivity index (χ4n) is 4.03. The average Bonchev–Trinajstić information content (AvgIpc) is 3.19. The van der Waals surface area contributed by atoms with Crippen LogP contribution in [0.5, 0.6) is 0 Å². The number of hydrogen-bond donors (Lipinski definition) is 0. The summed E-state index contributed by atoms with van der Waals surface area (Å²) in [6.45, 7) is 9.77. The molecule has 162 valence electrons. The zero-order valence-corrected chi connectivity index (χ0v) is 19.0. The van der Waals surface area contributed by atoms with Crippen molar-refractivity contribution in [3.05, 3.63) is 54.1 Å². The quantitative estimate of drug-likeness (QED) is 0.600. The van der Waals surface area contributed by atoms with Crippen molar-refractivity contribution in [3.63, 3.8) is 0 Å². The second-order valence-electron chi connectivity index (χ2n) is 8.80. The van der Waals surface area contributed by atoms with Gasteiger partial charge in [0, 0.05) is 36.2 Å². The van der Waals surface area contributed by atoms with Gasteiger partial charge in [-0.1, -0.05) is 47.7 Å². The highest BCUT2D eigenvalue weighted by atomic mass is 16.2. The van der Waals surface area contributed by atoms with Gasteiger partial charge in [0.25, 0.3) is 0 Å². The van der Waals surface area contributed by atoms with Crippen molar-refractivity contribution in [2.24, 2.45) is 0 Å². The van der Waals surface area contributed by atoms with E-state index in [9.17, 15) is 4.79 Å². The minimum atomic E-state index is 0.120. The lowest BCUT2D eigenvalue weighted by atomic mass is 9.95. The Bertz CT molecular complexity index is 1090. The molecule has 31 heavy (non-hydrogen) atoms. The molecule has 0 bridgehead atoms. The fourth-order valence-corrected chi connectivity index (χ4v) is 4.03. The first-order chi connectivity index (χ1) is 14.9. The highest BCUT2D eigenvalue weighted by molar-refractivity contribution is 6.00. The maximum atomic E-state index is 13.4. The molecule has 6 nitrogen and oxygen atoms in total. The SMILES string of the molecule is CC(C)N(C)CCC(=O)N1Cc2ccccc2-c2c(nnn2C(C)C)-c2ccccc21. The van der Waals surface area contributed by atoms with Gasteiger partial charge in [-0.05, 0) is 46.4 Å². The summed E-state index contributed by atoms with van der Waals surface area (Å²) >= 11 is 0. The van der Waals surface area contributed by atoms with Gasteiger partial charge in [-0.3, -0.25) is 4.79 Å². The van der Waals surface area contributed by atoms with Gasteiger partial charge < -0.3 is 9.80 Å². The van der Waals surface area contributed by atoms with E-state index in [2.05, 4.69) is 62.1 Å². The monoisotopic (exact) mass is 417 g/mol. The van der Waals surface area contributed by atoms with E-state index in [1.165, 1.54) is 0 Å². The lowest BCUT2D eigenvalue weighted by Crippen LogP contribution is -2.36. The Morgan fingerprint density at radius 1 is 1.03 bits per heavy atom. The van der Waals surface area contributed by atoms with E-state index in [0.29, 0.717) is 19.0 Å². The van der Waals surface area contributed by atoms with Gasteiger partial charge in [-0.15, -0.1) is 5.10 Å². The standard InChI is InChI=1S/C25H31N5O/c1-17(2)28(5)15-14-23(31)29-16-19-10-6-7-11-20(19)25-24(26-27-30(25)18(3)4)21-12-8-9-13-22(21)29/h6-13,17-18H,14-16H2,1-5H3. The lowest BCUT2D eigenvalue weighted by molar-refractivity contribution is -0.119. The summed E-state index contributed by atoms with van der Waals surface area (Å²) in [5, 5.41) is 9.06. The van der Waals surface area contributed by atoms with Crippen LogP contribution in [0.2, 0.25) is 0 Å². The molecule has 1 aliphatic rings. The molecule has 0 spiro atoms. The fraction of sp³-hybridized carbons (Fsp3) is 0.400. The number of rotatable bonds is 5. The number of benzene rings is 2. The molecule has 0 aliphatic carbocycles. The highest BCUT2D eigenvalue weighted by Gasteiger charge is 2.29. The maximum Gasteiger partial charge on any atom is 0.228 e. The number of aromatic nitrogens is 3. The van der Waals surface area contributed by atoms with Crippen LogP contribution in [0.15, 0.2) is 48.5 Å². The Labute approximate surface area is 184 Å². The zero-order chi connectivity index (χ0) is 22.1. The molecule has 2 heterocycles. The maximum absolute atomic E-state index is 13.4. The van der Waals surface area contributed by atoms with E-state index in [1.54, 1.807) is 0 Å². The summed E-state index contributed by atoms with van der Waals surface area (Å²) in [5.74, 6) is 0.120. The number of amides is 1. The van der Waals surface area contributed by atoms with Crippen LogP contribution in [0.4, 0.5) is 5.69 Å². The Morgan fingerprint density at radius 2 is 1.71 bits per heavy atom. The molecule has 4 rings (SSSR count). The molecule has 0 saturated carbocycles. The molecule has 3 aromatic rings. The molecule has 0 fully saturated rings. The van der Waals surface area contributed by atoms with Gasteiger partial charge in [0.15, 0.2) is 0 Å². The predicted octanol–water partition coefficient (Wildman–Crippen LogP) is 4.77. The Morgan fingerprint density at radius 3 is 2.42 bits per heavy atom. The topological polar surface area (TPSA) is 54.3 Å². The Kier molecular flexibility index (Phi) is 5.92. The van der Waals surface area contributed by atoms with Crippen LogP contribution in [0.3, 0.4) is 0 Å². The van der Waals surface area contributed by atoms with Crippen molar-refractivity contribution < 1.29 is 4.79 Å². The van der Waals surface area contributed by atoms with Crippen LogP contribution >= 0.6 is 0 Å². The van der Waals surface area contributed by atoms with Crippen molar-refractivity contribution in [2.45, 2.75) is 52.7 Å². The Balaban J connectivity index is 1.85. The van der Waals surface area contributed by atoms with Gasteiger partial charge in [-0.25, -0.2) is 4.68 Å². The summed E-state index contributed by atoms with van der Waals surface area (Å²) in [5.41, 5.74) is 5.88. The average molecular weight is 418 g/mol. The summed E-state index contributed by atoms with van der Waals surface area (Å²) in [4.78, 5) is 17.6. The molecule has 6 heteroatoms. The number of carbonyl (C=O) groups excluding carboxylic acids is 1. The van der Waals surface area contributed by atoms with Gasteiger partial charge in [-0.2, -0.15) is 0 Å². The third-order valence-electron chi connectivity index (χ3n) is 6.10. The first-order valence-electron chi connectivity index (χ1n) is 11.0. The van der Waals surface area contributed by atoms with E-state index in [0.717, 1.165) is 40.3 Å². The van der Waals surface area contributed by atoms with Crippen LogP contribution in [0.1, 0.15) is 45.7 Å². The van der Waals surface area contributed by atoms with Crippen LogP contribution in [0.25, 0.3) is 22.5 Å². The smallest absolute Gasteiger partial charge is 0.228 e. The van der Waals surface area contributed by atoms with E-state index >= 15 is 0 Å². The molecule has 0 saturated heterocycles. The molecule has 0 N–H and O–H groups in total. The molecule has 1 aliphatic heterocycles. The van der Waals surface area contributed by atoms with Gasteiger partial charge in [0.05, 0.1) is 17.9 Å². The second-order valence-corrected chi connectivity index (χ2v) is 8.80. The minimum Gasteiger partial charge on any atom is -0.307 e. The molecular weight excluding hydrogens is 386 g/mol. The number of fused-ring (bicyclic) bond motifs is 5. The van der Waals surface area contributed by atoms with Gasteiger partial charge in [0.2, 0.25) is 5.91 Å². The number of anilines is 1. The molecular formula is C25H31N5O.